The SMILES string of the molecule is CCO[PH](=O)N1CCN(C)C1=O. The molecule has 1 aliphatic heterocycles. The summed E-state index contributed by atoms with van der Waals surface area (Å²) in [6.45, 7) is 3.27. The molecular formula is C6H13N2O3P. The average Bonchev–Trinajstić information content (AvgIpc) is 2.34. The van der Waals surface area contributed by atoms with E-state index in [4.69, 9.17) is 4.52 Å². The van der Waals surface area contributed by atoms with E-state index in [1.54, 1.807) is 14.0 Å². The van der Waals surface area contributed by atoms with Crippen molar-refractivity contribution in [3.05, 3.63) is 0 Å². The molecule has 0 aromatic heterocycles. The lowest BCUT2D eigenvalue weighted by molar-refractivity contribution is 0.210. The first kappa shape index (κ1) is 9.55. The van der Waals surface area contributed by atoms with E-state index >= 15 is 0 Å². The Labute approximate surface area is 72.2 Å². The van der Waals surface area contributed by atoms with E-state index < -0.39 is 8.18 Å². The van der Waals surface area contributed by atoms with Crippen molar-refractivity contribution in [3.63, 3.8) is 0 Å². The van der Waals surface area contributed by atoms with Crippen LogP contribution in [-0.2, 0) is 9.09 Å². The lowest BCUT2D eigenvalue weighted by Crippen LogP contribution is -2.24. The summed E-state index contributed by atoms with van der Waals surface area (Å²) in [4.78, 5) is 12.7. The molecule has 12 heavy (non-hydrogen) atoms. The van der Waals surface area contributed by atoms with Crippen LogP contribution in [0, 0.1) is 0 Å². The van der Waals surface area contributed by atoms with Gasteiger partial charge in [-0.1, -0.05) is 0 Å². The van der Waals surface area contributed by atoms with Gasteiger partial charge in [-0.15, -0.1) is 0 Å². The van der Waals surface area contributed by atoms with Gasteiger partial charge in [0, 0.05) is 20.1 Å². The van der Waals surface area contributed by atoms with E-state index in [9.17, 15) is 9.36 Å². The van der Waals surface area contributed by atoms with Gasteiger partial charge in [-0.2, -0.15) is 0 Å². The molecule has 0 N–H and O–H groups in total. The van der Waals surface area contributed by atoms with Crippen molar-refractivity contribution in [2.24, 2.45) is 0 Å². The van der Waals surface area contributed by atoms with Crippen molar-refractivity contribution >= 4 is 14.2 Å². The lowest BCUT2D eigenvalue weighted by atomic mass is 10.7. The lowest BCUT2D eigenvalue weighted by Gasteiger charge is -2.14. The molecule has 1 saturated heterocycles. The van der Waals surface area contributed by atoms with Crippen LogP contribution in [0.15, 0.2) is 0 Å². The first-order valence-electron chi connectivity index (χ1n) is 3.86. The van der Waals surface area contributed by atoms with E-state index in [1.807, 2.05) is 0 Å². The van der Waals surface area contributed by atoms with Crippen LogP contribution in [0.4, 0.5) is 4.79 Å². The molecule has 1 fully saturated rings. The topological polar surface area (TPSA) is 49.9 Å². The molecule has 0 aliphatic carbocycles. The van der Waals surface area contributed by atoms with Crippen molar-refractivity contribution in [1.29, 1.82) is 0 Å². The molecule has 1 atom stereocenters. The van der Waals surface area contributed by atoms with Gasteiger partial charge >= 0.3 is 6.03 Å². The van der Waals surface area contributed by atoms with Crippen LogP contribution in [-0.4, -0.2) is 42.3 Å². The Morgan fingerprint density at radius 1 is 1.58 bits per heavy atom. The van der Waals surface area contributed by atoms with Crippen molar-refractivity contribution < 1.29 is 13.9 Å². The summed E-state index contributed by atoms with van der Waals surface area (Å²) in [6, 6.07) is -0.202. The second-order valence-corrected chi connectivity index (χ2v) is 3.92. The smallest absolute Gasteiger partial charge is 0.326 e. The fourth-order valence-corrected chi connectivity index (χ4v) is 2.03. The van der Waals surface area contributed by atoms with E-state index in [0.29, 0.717) is 19.7 Å². The van der Waals surface area contributed by atoms with Gasteiger partial charge in [-0.3, -0.25) is 9.24 Å². The molecule has 0 aromatic rings. The summed E-state index contributed by atoms with van der Waals surface area (Å²) in [6.07, 6.45) is 0. The average molecular weight is 192 g/mol. The number of rotatable bonds is 3. The largest absolute Gasteiger partial charge is 0.326 e. The molecule has 5 nitrogen and oxygen atoms in total. The fourth-order valence-electron chi connectivity index (χ4n) is 1.02. The zero-order valence-corrected chi connectivity index (χ0v) is 8.24. The molecule has 1 unspecified atom stereocenters. The minimum atomic E-state index is -2.31. The molecule has 0 bridgehead atoms. The van der Waals surface area contributed by atoms with Crippen LogP contribution in [0.2, 0.25) is 0 Å². The van der Waals surface area contributed by atoms with Crippen LogP contribution in [0.1, 0.15) is 6.92 Å². The molecular weight excluding hydrogens is 179 g/mol. The van der Waals surface area contributed by atoms with Gasteiger partial charge in [0.05, 0.1) is 6.61 Å². The van der Waals surface area contributed by atoms with Gasteiger partial charge in [0.2, 0.25) is 0 Å². The van der Waals surface area contributed by atoms with E-state index in [2.05, 4.69) is 0 Å². The molecule has 1 aliphatic rings. The number of hydrogen-bond donors (Lipinski definition) is 0. The predicted octanol–water partition coefficient (Wildman–Crippen LogP) is 0.780. The number of urea groups is 1. The molecule has 1 rings (SSSR count). The third-order valence-corrected chi connectivity index (χ3v) is 3.10. The van der Waals surface area contributed by atoms with Gasteiger partial charge in [0.1, 0.15) is 0 Å². The van der Waals surface area contributed by atoms with Gasteiger partial charge in [-0.05, 0) is 6.92 Å². The van der Waals surface area contributed by atoms with Crippen molar-refractivity contribution in [2.45, 2.75) is 6.92 Å². The standard InChI is InChI=1S/C6H13N2O3P/c1-3-11-12(10)8-5-4-7(2)6(8)9/h12H,3-5H2,1-2H3. The second-order valence-electron chi connectivity index (χ2n) is 2.55. The van der Waals surface area contributed by atoms with Gasteiger partial charge in [0.25, 0.3) is 8.18 Å². The number of hydrogen-bond acceptors (Lipinski definition) is 3. The summed E-state index contributed by atoms with van der Waals surface area (Å²) in [5.41, 5.74) is 0. The number of nitrogens with zero attached hydrogens (tertiary/aromatic N) is 2. The fraction of sp³-hybridized carbons (Fsp3) is 0.833. The van der Waals surface area contributed by atoms with Gasteiger partial charge in [-0.25, -0.2) is 4.79 Å². The highest BCUT2D eigenvalue weighted by Gasteiger charge is 2.29. The Hall–Kier alpha value is -0.540. The first-order chi connectivity index (χ1) is 5.66. The summed E-state index contributed by atoms with van der Waals surface area (Å²) < 4.78 is 17.4. The normalized spacial score (nSPS) is 20.3. The van der Waals surface area contributed by atoms with E-state index in [1.165, 1.54) is 9.57 Å². The number of carbonyl (C=O) groups is 1. The Morgan fingerprint density at radius 2 is 2.25 bits per heavy atom. The highest BCUT2D eigenvalue weighted by Crippen LogP contribution is 2.31. The summed E-state index contributed by atoms with van der Waals surface area (Å²) in [5.74, 6) is 0. The van der Waals surface area contributed by atoms with Crippen molar-refractivity contribution in [1.82, 2.24) is 9.57 Å². The van der Waals surface area contributed by atoms with Crippen LogP contribution in [0.3, 0.4) is 0 Å². The first-order valence-corrected chi connectivity index (χ1v) is 5.12. The zero-order valence-electron chi connectivity index (χ0n) is 7.24. The quantitative estimate of drug-likeness (QED) is 0.621. The second kappa shape index (κ2) is 3.92. The third kappa shape index (κ3) is 1.79. The summed E-state index contributed by atoms with van der Waals surface area (Å²) in [7, 11) is -0.623. The van der Waals surface area contributed by atoms with Crippen molar-refractivity contribution in [3.8, 4) is 0 Å². The molecule has 0 saturated carbocycles. The maximum absolute atomic E-state index is 11.2. The van der Waals surface area contributed by atoms with Gasteiger partial charge < -0.3 is 9.42 Å². The Kier molecular flexibility index (Phi) is 3.12. The minimum absolute atomic E-state index is 0.202. The minimum Gasteiger partial charge on any atom is -0.326 e. The zero-order chi connectivity index (χ0) is 9.14. The molecule has 0 radical (unpaired) electrons. The summed E-state index contributed by atoms with van der Waals surface area (Å²) >= 11 is 0. The number of carbonyl (C=O) groups excluding carboxylic acids is 1. The van der Waals surface area contributed by atoms with Crippen molar-refractivity contribution in [2.75, 3.05) is 26.7 Å². The molecule has 1 heterocycles. The van der Waals surface area contributed by atoms with E-state index in [-0.39, 0.29) is 6.03 Å². The summed E-state index contributed by atoms with van der Waals surface area (Å²) in [5, 5.41) is 0. The molecule has 70 valence electrons. The highest BCUT2D eigenvalue weighted by molar-refractivity contribution is 7.37. The van der Waals surface area contributed by atoms with Crippen LogP contribution in [0.25, 0.3) is 0 Å². The predicted molar refractivity (Wildman–Crippen MR) is 45.4 cm³/mol. The van der Waals surface area contributed by atoms with Crippen LogP contribution in [0.5, 0.6) is 0 Å². The van der Waals surface area contributed by atoms with E-state index in [0.717, 1.165) is 0 Å². The molecule has 6 heteroatoms. The molecule has 0 spiro atoms. The van der Waals surface area contributed by atoms with Crippen LogP contribution >= 0.6 is 8.18 Å². The number of amides is 2. The maximum atomic E-state index is 11.2. The monoisotopic (exact) mass is 192 g/mol. The van der Waals surface area contributed by atoms with Gasteiger partial charge in [0.15, 0.2) is 0 Å². The molecule has 0 aromatic carbocycles. The Morgan fingerprint density at radius 3 is 2.67 bits per heavy atom. The third-order valence-electron chi connectivity index (χ3n) is 1.70. The Bertz CT molecular complexity index is 209. The number of likely N-dealkylation sites (N-methyl/N-ethyl adjacent to an activating group) is 1. The highest BCUT2D eigenvalue weighted by atomic mass is 31.1. The van der Waals surface area contributed by atoms with Crippen LogP contribution < -0.4 is 0 Å². The Balaban J connectivity index is 2.53. The molecule has 2 amide bonds. The maximum Gasteiger partial charge on any atom is 0.326 e.